The zero-order valence-electron chi connectivity index (χ0n) is 17.0. The third kappa shape index (κ3) is 3.76. The summed E-state index contributed by atoms with van der Waals surface area (Å²) in [5.41, 5.74) is 5.49. The number of aryl methyl sites for hydroxylation is 1. The van der Waals surface area contributed by atoms with Crippen LogP contribution in [0.25, 0.3) is 16.7 Å². The number of allylic oxidation sites excluding steroid dienone is 2. The first-order valence-electron chi connectivity index (χ1n) is 10.3. The molecule has 1 aliphatic carbocycles. The van der Waals surface area contributed by atoms with Crippen molar-refractivity contribution in [1.82, 2.24) is 0 Å². The van der Waals surface area contributed by atoms with Gasteiger partial charge < -0.3 is 0 Å². The van der Waals surface area contributed by atoms with Gasteiger partial charge >= 0.3 is 0 Å². The van der Waals surface area contributed by atoms with Crippen molar-refractivity contribution >= 4 is 5.57 Å². The lowest BCUT2D eigenvalue weighted by atomic mass is 9.71. The van der Waals surface area contributed by atoms with Crippen molar-refractivity contribution in [2.75, 3.05) is 0 Å². The predicted molar refractivity (Wildman–Crippen MR) is 117 cm³/mol. The minimum atomic E-state index is -0.757. The van der Waals surface area contributed by atoms with Gasteiger partial charge in [-0.3, -0.25) is 0 Å². The van der Waals surface area contributed by atoms with Gasteiger partial charge in [-0.15, -0.1) is 0 Å². The van der Waals surface area contributed by atoms with E-state index in [-0.39, 0.29) is 5.41 Å². The maximum Gasteiger partial charge on any atom is 0.166 e. The Labute approximate surface area is 171 Å². The smallest absolute Gasteiger partial charge is 0.166 e. The van der Waals surface area contributed by atoms with E-state index < -0.39 is 11.6 Å². The van der Waals surface area contributed by atoms with Crippen LogP contribution in [0.2, 0.25) is 0 Å². The molecule has 3 aromatic carbocycles. The van der Waals surface area contributed by atoms with Gasteiger partial charge in [-0.1, -0.05) is 86.7 Å². The third-order valence-corrected chi connectivity index (χ3v) is 6.33. The maximum atomic E-state index is 14.5. The summed E-state index contributed by atoms with van der Waals surface area (Å²) in [5.74, 6) is -1.49. The van der Waals surface area contributed by atoms with Gasteiger partial charge in [0.25, 0.3) is 0 Å². The molecule has 0 aliphatic heterocycles. The topological polar surface area (TPSA) is 0 Å². The molecule has 29 heavy (non-hydrogen) atoms. The first kappa shape index (κ1) is 19.6. The Morgan fingerprint density at radius 2 is 1.52 bits per heavy atom. The molecule has 148 valence electrons. The van der Waals surface area contributed by atoms with Crippen molar-refractivity contribution < 1.29 is 8.78 Å². The van der Waals surface area contributed by atoms with Crippen molar-refractivity contribution in [2.45, 2.75) is 44.9 Å². The van der Waals surface area contributed by atoms with Crippen LogP contribution in [0.1, 0.15) is 49.8 Å². The molecule has 0 nitrogen and oxygen atoms in total. The minimum absolute atomic E-state index is 0.173. The normalized spacial score (nSPS) is 19.1. The number of benzene rings is 3. The Kier molecular flexibility index (Phi) is 5.36. The largest absolute Gasteiger partial charge is 0.203 e. The summed E-state index contributed by atoms with van der Waals surface area (Å²) in [6.07, 6.45) is 5.94. The van der Waals surface area contributed by atoms with E-state index in [0.29, 0.717) is 23.1 Å². The predicted octanol–water partition coefficient (Wildman–Crippen LogP) is 7.72. The second-order valence-electron chi connectivity index (χ2n) is 8.19. The molecule has 0 saturated carbocycles. The average Bonchev–Trinajstić information content (AvgIpc) is 2.77. The van der Waals surface area contributed by atoms with E-state index in [1.54, 1.807) is 12.1 Å². The fraction of sp³-hybridized carbons (Fsp3) is 0.259. The van der Waals surface area contributed by atoms with Crippen LogP contribution < -0.4 is 0 Å². The highest BCUT2D eigenvalue weighted by atomic mass is 19.2. The summed E-state index contributed by atoms with van der Waals surface area (Å²) in [5, 5.41) is 0. The van der Waals surface area contributed by atoms with Gasteiger partial charge in [0.2, 0.25) is 0 Å². The van der Waals surface area contributed by atoms with Gasteiger partial charge in [-0.05, 0) is 58.9 Å². The molecular formula is C27H26F2. The van der Waals surface area contributed by atoms with Crippen molar-refractivity contribution in [3.05, 3.63) is 101 Å². The lowest BCUT2D eigenvalue weighted by molar-refractivity contribution is 0.433. The van der Waals surface area contributed by atoms with Crippen LogP contribution in [0.3, 0.4) is 0 Å². The maximum absolute atomic E-state index is 14.5. The molecule has 3 aromatic rings. The standard InChI is InChI=1S/C27H26F2/c1-3-19-13-14-24(26(29)25(19)28)22-11-9-20(10-12-22)21-15-17-27(2,18-16-21)23-7-5-4-6-8-23/h4-15H,3,16-18H2,1-2H3. The molecule has 2 heteroatoms. The summed E-state index contributed by atoms with van der Waals surface area (Å²) in [6.45, 7) is 4.16. The molecule has 4 rings (SSSR count). The quantitative estimate of drug-likeness (QED) is 0.429. The summed E-state index contributed by atoms with van der Waals surface area (Å²) >= 11 is 0. The zero-order chi connectivity index (χ0) is 20.4. The minimum Gasteiger partial charge on any atom is -0.203 e. The van der Waals surface area contributed by atoms with Gasteiger partial charge in [-0.2, -0.15) is 0 Å². The lowest BCUT2D eigenvalue weighted by Gasteiger charge is -2.33. The van der Waals surface area contributed by atoms with Gasteiger partial charge in [-0.25, -0.2) is 8.78 Å². The van der Waals surface area contributed by atoms with E-state index in [4.69, 9.17) is 0 Å². The molecular weight excluding hydrogens is 362 g/mol. The Balaban J connectivity index is 1.56. The molecule has 0 heterocycles. The van der Waals surface area contributed by atoms with Crippen LogP contribution in [0, 0.1) is 11.6 Å². The number of rotatable bonds is 4. The van der Waals surface area contributed by atoms with Crippen LogP contribution in [0.5, 0.6) is 0 Å². The van der Waals surface area contributed by atoms with Crippen LogP contribution in [-0.4, -0.2) is 0 Å². The fourth-order valence-corrected chi connectivity index (χ4v) is 4.28. The Hall–Kier alpha value is -2.74. The van der Waals surface area contributed by atoms with E-state index in [0.717, 1.165) is 24.8 Å². The van der Waals surface area contributed by atoms with E-state index in [1.165, 1.54) is 11.1 Å². The fourth-order valence-electron chi connectivity index (χ4n) is 4.28. The van der Waals surface area contributed by atoms with Crippen molar-refractivity contribution in [1.29, 1.82) is 0 Å². The van der Waals surface area contributed by atoms with Gasteiger partial charge in [0.1, 0.15) is 0 Å². The van der Waals surface area contributed by atoms with Gasteiger partial charge in [0.15, 0.2) is 11.6 Å². The number of hydrogen-bond donors (Lipinski definition) is 0. The summed E-state index contributed by atoms with van der Waals surface area (Å²) < 4.78 is 28.6. The van der Waals surface area contributed by atoms with Crippen molar-refractivity contribution in [2.24, 2.45) is 0 Å². The monoisotopic (exact) mass is 388 g/mol. The van der Waals surface area contributed by atoms with Crippen LogP contribution in [0.15, 0.2) is 72.8 Å². The molecule has 0 saturated heterocycles. The molecule has 1 aliphatic rings. The van der Waals surface area contributed by atoms with E-state index in [1.807, 2.05) is 31.2 Å². The number of halogens is 2. The van der Waals surface area contributed by atoms with E-state index in [2.05, 4.69) is 43.3 Å². The average molecular weight is 389 g/mol. The van der Waals surface area contributed by atoms with Gasteiger partial charge in [0, 0.05) is 5.56 Å². The molecule has 0 radical (unpaired) electrons. The van der Waals surface area contributed by atoms with E-state index in [9.17, 15) is 8.78 Å². The molecule has 0 aromatic heterocycles. The second kappa shape index (κ2) is 7.94. The number of hydrogen-bond acceptors (Lipinski definition) is 0. The highest BCUT2D eigenvalue weighted by Crippen LogP contribution is 2.41. The highest BCUT2D eigenvalue weighted by molar-refractivity contribution is 5.71. The van der Waals surface area contributed by atoms with Crippen LogP contribution in [0.4, 0.5) is 8.78 Å². The first-order chi connectivity index (χ1) is 14.0. The summed E-state index contributed by atoms with van der Waals surface area (Å²) in [4.78, 5) is 0. The molecule has 0 fully saturated rings. The zero-order valence-corrected chi connectivity index (χ0v) is 17.0. The summed E-state index contributed by atoms with van der Waals surface area (Å²) in [7, 11) is 0. The van der Waals surface area contributed by atoms with Crippen LogP contribution in [-0.2, 0) is 11.8 Å². The molecule has 0 bridgehead atoms. The van der Waals surface area contributed by atoms with E-state index >= 15 is 0 Å². The highest BCUT2D eigenvalue weighted by Gasteiger charge is 2.28. The Bertz CT molecular complexity index is 1030. The molecule has 0 amide bonds. The Morgan fingerprint density at radius 1 is 0.828 bits per heavy atom. The van der Waals surface area contributed by atoms with Gasteiger partial charge in [0.05, 0.1) is 0 Å². The molecule has 0 spiro atoms. The first-order valence-corrected chi connectivity index (χ1v) is 10.3. The lowest BCUT2D eigenvalue weighted by Crippen LogP contribution is -2.23. The SMILES string of the molecule is CCc1ccc(-c2ccc(C3=CCC(C)(c4ccccc4)CC3)cc2)c(F)c1F. The second-order valence-corrected chi connectivity index (χ2v) is 8.19. The Morgan fingerprint density at radius 3 is 2.14 bits per heavy atom. The van der Waals surface area contributed by atoms with Crippen LogP contribution >= 0.6 is 0 Å². The third-order valence-electron chi connectivity index (χ3n) is 6.33. The molecule has 1 atom stereocenters. The summed E-state index contributed by atoms with van der Waals surface area (Å²) in [6, 6.07) is 21.9. The van der Waals surface area contributed by atoms with Crippen molar-refractivity contribution in [3.8, 4) is 11.1 Å². The van der Waals surface area contributed by atoms with Crippen molar-refractivity contribution in [3.63, 3.8) is 0 Å². The molecule has 1 unspecified atom stereocenters. The molecule has 0 N–H and O–H groups in total.